The van der Waals surface area contributed by atoms with Gasteiger partial charge >= 0.3 is 0 Å². The van der Waals surface area contributed by atoms with Crippen LogP contribution in [0.15, 0.2) is 60.0 Å². The average molecular weight is 422 g/mol. The largest absolute Gasteiger partial charge is 0.325 e. The highest BCUT2D eigenvalue weighted by Gasteiger charge is 2.18. The van der Waals surface area contributed by atoms with E-state index < -0.39 is 0 Å². The number of hydrogen-bond acceptors (Lipinski definition) is 5. The maximum absolute atomic E-state index is 12.6. The summed E-state index contributed by atoms with van der Waals surface area (Å²) in [6.45, 7) is 4.79. The zero-order valence-corrected chi connectivity index (χ0v) is 18.3. The van der Waals surface area contributed by atoms with E-state index in [9.17, 15) is 4.79 Å². The molecule has 0 saturated heterocycles. The Kier molecular flexibility index (Phi) is 5.76. The number of carbonyl (C=O) groups is 1. The Morgan fingerprint density at radius 1 is 1.17 bits per heavy atom. The van der Waals surface area contributed by atoms with Gasteiger partial charge in [0.05, 0.1) is 16.3 Å². The fourth-order valence-electron chi connectivity index (χ4n) is 3.08. The highest BCUT2D eigenvalue weighted by atomic mass is 32.1. The van der Waals surface area contributed by atoms with Crippen molar-refractivity contribution in [3.05, 3.63) is 70.4 Å². The van der Waals surface area contributed by atoms with E-state index in [0.717, 1.165) is 28.3 Å². The summed E-state index contributed by atoms with van der Waals surface area (Å²) in [5, 5.41) is 6.07. The number of nitrogens with one attached hydrogen (secondary N) is 1. The minimum Gasteiger partial charge on any atom is -0.325 e. The van der Waals surface area contributed by atoms with Crippen molar-refractivity contribution in [1.29, 1.82) is 0 Å². The van der Waals surface area contributed by atoms with Gasteiger partial charge in [0, 0.05) is 22.7 Å². The Bertz CT molecular complexity index is 1120. The first kappa shape index (κ1) is 19.8. The number of anilines is 1. The minimum absolute atomic E-state index is 0.00716. The molecule has 2 aromatic carbocycles. The summed E-state index contributed by atoms with van der Waals surface area (Å²) in [5.74, 6) is -0.00716. The fourth-order valence-corrected chi connectivity index (χ4v) is 4.92. The van der Waals surface area contributed by atoms with Gasteiger partial charge < -0.3 is 5.32 Å². The number of amides is 1. The Balaban J connectivity index is 1.42. The van der Waals surface area contributed by atoms with Crippen molar-refractivity contribution in [1.82, 2.24) is 9.88 Å². The lowest BCUT2D eigenvalue weighted by Crippen LogP contribution is -2.39. The van der Waals surface area contributed by atoms with Gasteiger partial charge in [0.25, 0.3) is 0 Å². The van der Waals surface area contributed by atoms with Gasteiger partial charge in [-0.2, -0.15) is 0 Å². The highest BCUT2D eigenvalue weighted by molar-refractivity contribution is 7.21. The first-order chi connectivity index (χ1) is 14.0. The smallest absolute Gasteiger partial charge is 0.241 e. The van der Waals surface area contributed by atoms with Crippen molar-refractivity contribution >= 4 is 44.5 Å². The minimum atomic E-state index is -0.218. The van der Waals surface area contributed by atoms with Crippen molar-refractivity contribution in [3.8, 4) is 10.6 Å². The predicted octanol–water partition coefficient (Wildman–Crippen LogP) is 5.79. The van der Waals surface area contributed by atoms with Crippen molar-refractivity contribution in [2.45, 2.75) is 26.4 Å². The number of aryl methyl sites for hydroxylation is 1. The van der Waals surface area contributed by atoms with Gasteiger partial charge in [-0.25, -0.2) is 4.98 Å². The summed E-state index contributed by atoms with van der Waals surface area (Å²) in [6, 6.07) is 18.1. The first-order valence-electron chi connectivity index (χ1n) is 9.51. The van der Waals surface area contributed by atoms with Crippen LogP contribution >= 0.6 is 22.7 Å². The third-order valence-corrected chi connectivity index (χ3v) is 6.90. The number of rotatable bonds is 6. The lowest BCUT2D eigenvalue weighted by atomic mass is 10.2. The Labute approximate surface area is 178 Å². The van der Waals surface area contributed by atoms with Gasteiger partial charge in [0.1, 0.15) is 5.01 Å². The molecule has 0 fully saturated rings. The van der Waals surface area contributed by atoms with Crippen molar-refractivity contribution < 1.29 is 4.79 Å². The number of nitrogens with zero attached hydrogens (tertiary/aromatic N) is 2. The molecular weight excluding hydrogens is 398 g/mol. The summed E-state index contributed by atoms with van der Waals surface area (Å²) < 4.78 is 1.19. The molecule has 2 aromatic heterocycles. The quantitative estimate of drug-likeness (QED) is 0.428. The summed E-state index contributed by atoms with van der Waals surface area (Å²) in [7, 11) is 1.97. The van der Waals surface area contributed by atoms with E-state index in [0.29, 0.717) is 0 Å². The highest BCUT2D eigenvalue weighted by Crippen LogP contribution is 2.31. The van der Waals surface area contributed by atoms with E-state index in [2.05, 4.69) is 46.8 Å². The number of likely N-dealkylation sites (N-methyl/N-ethyl adjacent to an activating group) is 1. The van der Waals surface area contributed by atoms with Crippen LogP contribution in [0, 0.1) is 6.92 Å². The summed E-state index contributed by atoms with van der Waals surface area (Å²) in [5.41, 5.74) is 4.12. The molecule has 0 saturated carbocycles. The molecule has 1 N–H and O–H groups in total. The van der Waals surface area contributed by atoms with Crippen LogP contribution in [0.5, 0.6) is 0 Å². The van der Waals surface area contributed by atoms with Crippen LogP contribution in [0.2, 0.25) is 0 Å². The van der Waals surface area contributed by atoms with Gasteiger partial charge in [0.2, 0.25) is 5.91 Å². The summed E-state index contributed by atoms with van der Waals surface area (Å²) in [4.78, 5) is 20.7. The standard InChI is InChI=1S/C23H23N3OS2/c1-15-6-11-20-21(13-15)29-23(25-20)17-7-9-18(10-8-17)24-22(27)16(2)26(3)14-19-5-4-12-28-19/h4-13,16H,14H2,1-3H3,(H,24,27)/t16-/m1/s1. The van der Waals surface area contributed by atoms with Crippen LogP contribution in [0.1, 0.15) is 17.4 Å². The van der Waals surface area contributed by atoms with Crippen LogP contribution in [0.4, 0.5) is 5.69 Å². The molecule has 1 atom stereocenters. The number of thiophene rings is 1. The van der Waals surface area contributed by atoms with Crippen molar-refractivity contribution in [2.75, 3.05) is 12.4 Å². The number of fused-ring (bicyclic) bond motifs is 1. The predicted molar refractivity (Wildman–Crippen MR) is 124 cm³/mol. The molecule has 29 heavy (non-hydrogen) atoms. The number of benzene rings is 2. The lowest BCUT2D eigenvalue weighted by Gasteiger charge is -2.23. The summed E-state index contributed by atoms with van der Waals surface area (Å²) >= 11 is 3.40. The average Bonchev–Trinajstić information content (AvgIpc) is 3.37. The van der Waals surface area contributed by atoms with Crippen LogP contribution in [-0.4, -0.2) is 28.9 Å². The topological polar surface area (TPSA) is 45.2 Å². The van der Waals surface area contributed by atoms with Crippen molar-refractivity contribution in [2.24, 2.45) is 0 Å². The van der Waals surface area contributed by atoms with Gasteiger partial charge in [-0.05, 0) is 74.3 Å². The SMILES string of the molecule is Cc1ccc2nc(-c3ccc(NC(=O)[C@@H](C)N(C)Cc4cccs4)cc3)sc2c1. The molecule has 1 amide bonds. The number of carbonyl (C=O) groups excluding carboxylic acids is 1. The molecule has 0 radical (unpaired) electrons. The molecule has 0 aliphatic rings. The van der Waals surface area contributed by atoms with Gasteiger partial charge in [0.15, 0.2) is 0 Å². The van der Waals surface area contributed by atoms with E-state index in [1.165, 1.54) is 15.1 Å². The Morgan fingerprint density at radius 2 is 1.97 bits per heavy atom. The van der Waals surface area contributed by atoms with Crippen molar-refractivity contribution in [3.63, 3.8) is 0 Å². The third kappa shape index (κ3) is 4.56. The van der Waals surface area contributed by atoms with Crippen LogP contribution < -0.4 is 5.32 Å². The molecule has 4 rings (SSSR count). The molecular formula is C23H23N3OS2. The zero-order valence-electron chi connectivity index (χ0n) is 16.7. The zero-order chi connectivity index (χ0) is 20.4. The summed E-state index contributed by atoms with van der Waals surface area (Å²) in [6.07, 6.45) is 0. The van der Waals surface area contributed by atoms with E-state index in [4.69, 9.17) is 4.98 Å². The van der Waals surface area contributed by atoms with E-state index in [1.54, 1.807) is 22.7 Å². The van der Waals surface area contributed by atoms with Gasteiger partial charge in [-0.3, -0.25) is 9.69 Å². The first-order valence-corrected chi connectivity index (χ1v) is 11.2. The number of thiazole rings is 1. The Hall–Kier alpha value is -2.54. The second-order valence-electron chi connectivity index (χ2n) is 7.23. The normalized spacial score (nSPS) is 12.4. The molecule has 0 unspecified atom stereocenters. The van der Waals surface area contributed by atoms with Crippen LogP contribution in [-0.2, 0) is 11.3 Å². The molecule has 0 aliphatic carbocycles. The maximum Gasteiger partial charge on any atom is 0.241 e. The monoisotopic (exact) mass is 421 g/mol. The molecule has 0 bridgehead atoms. The molecule has 2 heterocycles. The number of hydrogen-bond donors (Lipinski definition) is 1. The van der Waals surface area contributed by atoms with Gasteiger partial charge in [-0.1, -0.05) is 12.1 Å². The lowest BCUT2D eigenvalue weighted by molar-refractivity contribution is -0.120. The fraction of sp³-hybridized carbons (Fsp3) is 0.217. The number of aromatic nitrogens is 1. The van der Waals surface area contributed by atoms with Crippen LogP contribution in [0.25, 0.3) is 20.8 Å². The van der Waals surface area contributed by atoms with E-state index >= 15 is 0 Å². The van der Waals surface area contributed by atoms with Crippen LogP contribution in [0.3, 0.4) is 0 Å². The molecule has 4 aromatic rings. The third-order valence-electron chi connectivity index (χ3n) is 4.97. The maximum atomic E-state index is 12.6. The van der Waals surface area contributed by atoms with E-state index in [-0.39, 0.29) is 11.9 Å². The molecule has 0 spiro atoms. The Morgan fingerprint density at radius 3 is 2.69 bits per heavy atom. The second kappa shape index (κ2) is 8.45. The van der Waals surface area contributed by atoms with Gasteiger partial charge in [-0.15, -0.1) is 22.7 Å². The molecule has 6 heteroatoms. The second-order valence-corrected chi connectivity index (χ2v) is 9.29. The molecule has 148 valence electrons. The molecule has 0 aliphatic heterocycles. The molecule has 4 nitrogen and oxygen atoms in total. The van der Waals surface area contributed by atoms with E-state index in [1.807, 2.05) is 44.3 Å².